The Bertz CT molecular complexity index is 723. The van der Waals surface area contributed by atoms with Gasteiger partial charge in [0.1, 0.15) is 0 Å². The maximum Gasteiger partial charge on any atom is 0.241 e. The number of hydrogen-bond donors (Lipinski definition) is 1. The lowest BCUT2D eigenvalue weighted by Gasteiger charge is -2.34. The van der Waals surface area contributed by atoms with Gasteiger partial charge >= 0.3 is 0 Å². The average Bonchev–Trinajstić information content (AvgIpc) is 3.15. The lowest BCUT2D eigenvalue weighted by molar-refractivity contribution is -0.132. The molecule has 8 nitrogen and oxygen atoms in total. The van der Waals surface area contributed by atoms with E-state index >= 15 is 0 Å². The quantitative estimate of drug-likeness (QED) is 0.689. The molecule has 1 aliphatic heterocycles. The second-order valence-electron chi connectivity index (χ2n) is 6.70. The molecule has 27 heavy (non-hydrogen) atoms. The number of nitrogens with one attached hydrogen (secondary N) is 1. The maximum atomic E-state index is 12.2. The Morgan fingerprint density at radius 2 is 1.96 bits per heavy atom. The summed E-state index contributed by atoms with van der Waals surface area (Å²) in [5.74, 6) is 1.35. The molecule has 1 aliphatic rings. The summed E-state index contributed by atoms with van der Waals surface area (Å²) in [6.07, 6.45) is 0. The largest absolute Gasteiger partial charge is 0.383 e. The molecule has 0 atom stereocenters. The van der Waals surface area contributed by atoms with Crippen molar-refractivity contribution in [2.45, 2.75) is 13.5 Å². The molecule has 0 bridgehead atoms. The number of ether oxygens (including phenoxy) is 1. The Kier molecular flexibility index (Phi) is 6.92. The minimum absolute atomic E-state index is 0.130. The Morgan fingerprint density at radius 1 is 1.22 bits per heavy atom. The number of aromatic nitrogens is 2. The molecule has 0 unspecified atom stereocenters. The first kappa shape index (κ1) is 19.5. The Balaban J connectivity index is 1.44. The molecule has 0 aliphatic carbocycles. The van der Waals surface area contributed by atoms with E-state index in [1.54, 1.807) is 7.11 Å². The molecule has 3 rings (SSSR count). The number of methoxy groups -OCH3 is 1. The van der Waals surface area contributed by atoms with Crippen LogP contribution in [0.25, 0.3) is 11.4 Å². The minimum atomic E-state index is 0.130. The third-order valence-corrected chi connectivity index (χ3v) is 4.62. The van der Waals surface area contributed by atoms with Crippen molar-refractivity contribution in [2.75, 3.05) is 53.0 Å². The highest BCUT2D eigenvalue weighted by Crippen LogP contribution is 2.17. The Hall–Kier alpha value is -2.29. The summed E-state index contributed by atoms with van der Waals surface area (Å²) in [6.45, 7) is 7.32. The molecule has 1 N–H and O–H groups in total. The van der Waals surface area contributed by atoms with Gasteiger partial charge in [0.05, 0.1) is 19.7 Å². The van der Waals surface area contributed by atoms with E-state index in [0.717, 1.165) is 18.7 Å². The van der Waals surface area contributed by atoms with Crippen molar-refractivity contribution in [3.63, 3.8) is 0 Å². The fourth-order valence-electron chi connectivity index (χ4n) is 2.97. The smallest absolute Gasteiger partial charge is 0.241 e. The summed E-state index contributed by atoms with van der Waals surface area (Å²) in [5, 5.41) is 7.17. The fraction of sp³-hybridized carbons (Fsp3) is 0.526. The molecule has 1 fully saturated rings. The Labute approximate surface area is 159 Å². The lowest BCUT2D eigenvalue weighted by Crippen LogP contribution is -2.50. The van der Waals surface area contributed by atoms with Crippen molar-refractivity contribution in [1.82, 2.24) is 25.3 Å². The monoisotopic (exact) mass is 373 g/mol. The van der Waals surface area contributed by atoms with E-state index in [2.05, 4.69) is 20.4 Å². The van der Waals surface area contributed by atoms with Crippen molar-refractivity contribution < 1.29 is 14.1 Å². The van der Waals surface area contributed by atoms with Crippen molar-refractivity contribution in [2.24, 2.45) is 0 Å². The van der Waals surface area contributed by atoms with E-state index in [-0.39, 0.29) is 5.91 Å². The highest BCUT2D eigenvalue weighted by Gasteiger charge is 2.22. The van der Waals surface area contributed by atoms with E-state index in [0.29, 0.717) is 51.0 Å². The molecule has 146 valence electrons. The molecule has 2 aromatic rings. The van der Waals surface area contributed by atoms with E-state index in [1.807, 2.05) is 36.1 Å². The first-order valence-corrected chi connectivity index (χ1v) is 9.25. The van der Waals surface area contributed by atoms with E-state index in [9.17, 15) is 4.79 Å². The van der Waals surface area contributed by atoms with Gasteiger partial charge in [-0.1, -0.05) is 35.0 Å². The van der Waals surface area contributed by atoms with Gasteiger partial charge in [-0.05, 0) is 6.92 Å². The molecule has 8 heteroatoms. The van der Waals surface area contributed by atoms with Gasteiger partial charge < -0.3 is 19.5 Å². The van der Waals surface area contributed by atoms with Gasteiger partial charge in [-0.25, -0.2) is 0 Å². The molecule has 0 saturated carbocycles. The standard InChI is InChI=1S/C19H27N5O3/c1-15-3-5-16(6-4-15)19-21-17(27-22-19)14-23-8-10-24(11-9-23)18(25)13-20-7-12-26-2/h3-6,20H,7-14H2,1-2H3. The number of benzene rings is 1. The summed E-state index contributed by atoms with van der Waals surface area (Å²) >= 11 is 0. The molecule has 1 amide bonds. The summed E-state index contributed by atoms with van der Waals surface area (Å²) < 4.78 is 10.4. The van der Waals surface area contributed by atoms with Crippen LogP contribution in [0.3, 0.4) is 0 Å². The van der Waals surface area contributed by atoms with Crippen molar-refractivity contribution in [3.8, 4) is 11.4 Å². The van der Waals surface area contributed by atoms with Crippen LogP contribution in [0, 0.1) is 6.92 Å². The number of aryl methyl sites for hydroxylation is 1. The highest BCUT2D eigenvalue weighted by molar-refractivity contribution is 5.78. The predicted molar refractivity (Wildman–Crippen MR) is 101 cm³/mol. The Morgan fingerprint density at radius 3 is 2.67 bits per heavy atom. The van der Waals surface area contributed by atoms with Crippen molar-refractivity contribution >= 4 is 5.91 Å². The maximum absolute atomic E-state index is 12.2. The van der Waals surface area contributed by atoms with E-state index in [4.69, 9.17) is 9.26 Å². The van der Waals surface area contributed by atoms with E-state index < -0.39 is 0 Å². The van der Waals surface area contributed by atoms with Crippen LogP contribution in [0.1, 0.15) is 11.5 Å². The van der Waals surface area contributed by atoms with Gasteiger partial charge in [0, 0.05) is 45.4 Å². The summed E-state index contributed by atoms with van der Waals surface area (Å²) in [4.78, 5) is 20.8. The number of hydrogen-bond acceptors (Lipinski definition) is 7. The topological polar surface area (TPSA) is 83.7 Å². The minimum Gasteiger partial charge on any atom is -0.383 e. The van der Waals surface area contributed by atoms with Crippen LogP contribution in [0.2, 0.25) is 0 Å². The summed E-state index contributed by atoms with van der Waals surface area (Å²) in [5.41, 5.74) is 2.15. The third-order valence-electron chi connectivity index (χ3n) is 4.62. The third kappa shape index (κ3) is 5.59. The fourth-order valence-corrected chi connectivity index (χ4v) is 2.97. The first-order valence-electron chi connectivity index (χ1n) is 9.25. The number of rotatable bonds is 8. The first-order chi connectivity index (χ1) is 13.2. The van der Waals surface area contributed by atoms with Crippen molar-refractivity contribution in [1.29, 1.82) is 0 Å². The van der Waals surface area contributed by atoms with Crippen LogP contribution in [0.15, 0.2) is 28.8 Å². The number of piperazine rings is 1. The molecular weight excluding hydrogens is 346 g/mol. The van der Waals surface area contributed by atoms with Crippen LogP contribution >= 0.6 is 0 Å². The number of carbonyl (C=O) groups excluding carboxylic acids is 1. The van der Waals surface area contributed by atoms with Crippen LogP contribution in [-0.4, -0.2) is 78.8 Å². The normalized spacial score (nSPS) is 15.3. The van der Waals surface area contributed by atoms with Crippen LogP contribution < -0.4 is 5.32 Å². The zero-order valence-corrected chi connectivity index (χ0v) is 16.0. The van der Waals surface area contributed by atoms with Crippen LogP contribution in [0.5, 0.6) is 0 Å². The van der Waals surface area contributed by atoms with Gasteiger partial charge in [0.2, 0.25) is 17.6 Å². The zero-order chi connectivity index (χ0) is 19.1. The van der Waals surface area contributed by atoms with Crippen molar-refractivity contribution in [3.05, 3.63) is 35.7 Å². The molecule has 0 spiro atoms. The molecule has 1 aromatic heterocycles. The number of carbonyl (C=O) groups is 1. The average molecular weight is 373 g/mol. The molecule has 1 saturated heterocycles. The zero-order valence-electron chi connectivity index (χ0n) is 16.0. The van der Waals surface area contributed by atoms with Gasteiger partial charge in [-0.3, -0.25) is 9.69 Å². The van der Waals surface area contributed by atoms with Crippen LogP contribution in [-0.2, 0) is 16.1 Å². The lowest BCUT2D eigenvalue weighted by atomic mass is 10.1. The number of amides is 1. The SMILES string of the molecule is COCCNCC(=O)N1CCN(Cc2nc(-c3ccc(C)cc3)no2)CC1. The molecular formula is C19H27N5O3. The molecule has 1 aromatic carbocycles. The van der Waals surface area contributed by atoms with E-state index in [1.165, 1.54) is 5.56 Å². The van der Waals surface area contributed by atoms with Gasteiger partial charge in [0.15, 0.2) is 0 Å². The molecule has 0 radical (unpaired) electrons. The van der Waals surface area contributed by atoms with Gasteiger partial charge in [0.25, 0.3) is 0 Å². The molecule has 2 heterocycles. The second kappa shape index (κ2) is 9.59. The predicted octanol–water partition coefficient (Wildman–Crippen LogP) is 0.925. The number of nitrogens with zero attached hydrogens (tertiary/aromatic N) is 4. The summed E-state index contributed by atoms with van der Waals surface area (Å²) in [6, 6.07) is 8.06. The highest BCUT2D eigenvalue weighted by atomic mass is 16.5. The van der Waals surface area contributed by atoms with Gasteiger partial charge in [-0.15, -0.1) is 0 Å². The van der Waals surface area contributed by atoms with Gasteiger partial charge in [-0.2, -0.15) is 4.98 Å². The second-order valence-corrected chi connectivity index (χ2v) is 6.70. The summed E-state index contributed by atoms with van der Waals surface area (Å²) in [7, 11) is 1.65. The van der Waals surface area contributed by atoms with Crippen LogP contribution in [0.4, 0.5) is 0 Å².